The molecule has 6 aliphatic carbocycles. The van der Waals surface area contributed by atoms with Gasteiger partial charge < -0.3 is 14.9 Å². The maximum absolute atomic E-state index is 14.9. The summed E-state index contributed by atoms with van der Waals surface area (Å²) in [5.41, 5.74) is 6.86. The number of ether oxygens (including phenoxy) is 1. The third-order valence-corrected chi connectivity index (χ3v) is 19.9. The number of aliphatic hydroxyl groups excluding tert-OH is 2. The zero-order valence-electron chi connectivity index (χ0n) is 38.6. The Morgan fingerprint density at radius 2 is 1.66 bits per heavy atom. The number of ketones is 2. The van der Waals surface area contributed by atoms with Crippen molar-refractivity contribution in [2.24, 2.45) is 56.2 Å². The standard InChI is InChI=1S/C54H74N2O5/c1-31-23-33(26-35(24-31)34-13-9-10-14-34)27-36-29-56(39-19-22-55-46(36)39)30-38-45-44(32(2)25-40(57)49-50(3,4)61-49)41(58)28-53(45,7)52(6)21-17-42-51(5,48(52)47(38)60)20-18-43(59)54(42,8)37-15-11-12-16-37/h19,22-24,26,29,32,34,37-40,42,47-49,57,60H,9-18,20-21,25,27-28,30H2,1-8H3/p+1/t32-,38+,39?,40-,42-,47-,48+,49+,51+,52+,53-,54+/m1/s1. The van der Waals surface area contributed by atoms with Crippen LogP contribution >= 0.6 is 0 Å². The van der Waals surface area contributed by atoms with Crippen LogP contribution in [0, 0.1) is 58.2 Å². The summed E-state index contributed by atoms with van der Waals surface area (Å²) >= 11 is 0. The highest BCUT2D eigenvalue weighted by Crippen LogP contribution is 2.75. The number of Topliss-reactive ketones (excluding diaryl/α,β-unsaturated/α-hetero) is 2. The van der Waals surface area contributed by atoms with Gasteiger partial charge in [0.05, 0.1) is 30.3 Å². The van der Waals surface area contributed by atoms with E-state index < -0.39 is 17.6 Å². The second kappa shape index (κ2) is 14.7. The maximum Gasteiger partial charge on any atom is 0.160 e. The molecule has 7 nitrogen and oxygen atoms in total. The summed E-state index contributed by atoms with van der Waals surface area (Å²) in [7, 11) is 0. The van der Waals surface area contributed by atoms with E-state index in [1.807, 2.05) is 20.0 Å². The number of benzene rings is 1. The van der Waals surface area contributed by atoms with E-state index in [0.29, 0.717) is 43.4 Å². The van der Waals surface area contributed by atoms with Gasteiger partial charge in [-0.3, -0.25) is 19.5 Å². The van der Waals surface area contributed by atoms with Gasteiger partial charge >= 0.3 is 0 Å². The normalized spacial score (nSPS) is 42.6. The van der Waals surface area contributed by atoms with Crippen LogP contribution in [0.4, 0.5) is 0 Å². The first-order valence-electron chi connectivity index (χ1n) is 24.7. The number of fused-ring (bicyclic) bond motifs is 6. The number of nitrogens with one attached hydrogen (secondary N) is 1. The van der Waals surface area contributed by atoms with Gasteiger partial charge in [-0.05, 0) is 141 Å². The second-order valence-electron chi connectivity index (χ2n) is 23.6. The molecule has 61 heavy (non-hydrogen) atoms. The number of carbonyl (C=O) groups excluding carboxylic acids is 2. The Hall–Kier alpha value is -2.71. The average Bonchev–Trinajstić information content (AvgIpc) is 3.93. The molecule has 330 valence electrons. The number of carbonyl (C=O) groups is 2. The summed E-state index contributed by atoms with van der Waals surface area (Å²) in [6, 6.07) is 7.28. The molecule has 5 saturated carbocycles. The molecule has 0 spiro atoms. The quantitative estimate of drug-likeness (QED) is 0.205. The van der Waals surface area contributed by atoms with Crippen LogP contribution in [0.2, 0.25) is 0 Å². The van der Waals surface area contributed by atoms with Gasteiger partial charge in [0.2, 0.25) is 0 Å². The number of aliphatic imine (C=N–C) groups is 1. The minimum Gasteiger partial charge on any atom is -0.392 e. The third kappa shape index (κ3) is 6.33. The van der Waals surface area contributed by atoms with Crippen LogP contribution < -0.4 is 4.90 Å². The van der Waals surface area contributed by atoms with Crippen molar-refractivity contribution in [2.75, 3.05) is 6.54 Å². The van der Waals surface area contributed by atoms with Crippen molar-refractivity contribution in [2.45, 2.75) is 188 Å². The van der Waals surface area contributed by atoms with Crippen molar-refractivity contribution in [1.82, 2.24) is 0 Å². The minimum atomic E-state index is -0.674. The number of quaternary nitrogens is 1. The SMILES string of the molecule is Cc1cc(CC2=C[NH+](C[C@H]3C4=C([C@H](C)C[C@@H](O)[C@@H]5OC5(C)C)C(=O)C[C@@]4(C)[C@@]4(C)CC[C@@H]5[C@](C)(CCC(=O)[C@@]5(C)C5CCCC5)[C@@H]4[C@@H]3O)C3C=CN=C23)cc(C2CCCC2)c1. The number of allylic oxidation sites excluding steroid dienone is 1. The lowest BCUT2D eigenvalue weighted by atomic mass is 9.34. The van der Waals surface area contributed by atoms with Crippen molar-refractivity contribution in [3.05, 3.63) is 70.1 Å². The van der Waals surface area contributed by atoms with Crippen molar-refractivity contribution >= 4 is 17.3 Å². The molecule has 1 aromatic rings. The van der Waals surface area contributed by atoms with E-state index in [0.717, 1.165) is 49.8 Å². The van der Waals surface area contributed by atoms with Crippen LogP contribution in [0.1, 0.15) is 161 Å². The molecule has 2 unspecified atom stereocenters. The van der Waals surface area contributed by atoms with Gasteiger partial charge in [-0.15, -0.1) is 0 Å². The fraction of sp³-hybridized carbons (Fsp3) is 0.722. The molecule has 1 saturated heterocycles. The highest BCUT2D eigenvalue weighted by molar-refractivity contribution is 6.07. The highest BCUT2D eigenvalue weighted by Gasteiger charge is 2.73. The Bertz CT molecular complexity index is 2120. The van der Waals surface area contributed by atoms with Crippen LogP contribution in [-0.4, -0.2) is 64.0 Å². The Balaban J connectivity index is 1.05. The molecule has 3 heterocycles. The second-order valence-corrected chi connectivity index (χ2v) is 23.6. The Labute approximate surface area is 366 Å². The predicted octanol–water partition coefficient (Wildman–Crippen LogP) is 8.74. The minimum absolute atomic E-state index is 0.0564. The first-order chi connectivity index (χ1) is 28.9. The van der Waals surface area contributed by atoms with Gasteiger partial charge in [0, 0.05) is 41.9 Å². The molecule has 9 aliphatic rings. The first-order valence-corrected chi connectivity index (χ1v) is 24.7. The molecule has 13 atom stereocenters. The van der Waals surface area contributed by atoms with Crippen molar-refractivity contribution in [1.29, 1.82) is 0 Å². The highest BCUT2D eigenvalue weighted by atomic mass is 16.6. The van der Waals surface area contributed by atoms with E-state index in [2.05, 4.69) is 72.0 Å². The Kier molecular flexibility index (Phi) is 10.2. The number of nitrogens with zero attached hydrogens (tertiary/aromatic N) is 1. The number of hydrogen-bond acceptors (Lipinski definition) is 6. The summed E-state index contributed by atoms with van der Waals surface area (Å²) < 4.78 is 5.91. The molecule has 0 radical (unpaired) electrons. The lowest BCUT2D eigenvalue weighted by Crippen LogP contribution is -3.11. The number of rotatable bonds is 10. The molecule has 0 bridgehead atoms. The number of aryl methyl sites for hydroxylation is 1. The van der Waals surface area contributed by atoms with Crippen LogP contribution in [-0.2, 0) is 20.7 Å². The molecule has 3 N–H and O–H groups in total. The van der Waals surface area contributed by atoms with E-state index in [4.69, 9.17) is 9.73 Å². The van der Waals surface area contributed by atoms with Gasteiger partial charge in [-0.25, -0.2) is 0 Å². The van der Waals surface area contributed by atoms with E-state index in [-0.39, 0.29) is 63.4 Å². The van der Waals surface area contributed by atoms with Gasteiger partial charge in [0.15, 0.2) is 11.8 Å². The summed E-state index contributed by atoms with van der Waals surface area (Å²) in [6.07, 6.45) is 20.0. The molecule has 3 aliphatic heterocycles. The maximum atomic E-state index is 14.9. The first kappa shape index (κ1) is 42.3. The molecule has 0 aromatic heterocycles. The zero-order valence-corrected chi connectivity index (χ0v) is 38.6. The van der Waals surface area contributed by atoms with Crippen LogP contribution in [0.3, 0.4) is 0 Å². The lowest BCUT2D eigenvalue weighted by molar-refractivity contribution is -0.856. The fourth-order valence-corrected chi connectivity index (χ4v) is 16.8. The average molecular weight is 832 g/mol. The van der Waals surface area contributed by atoms with Crippen molar-refractivity contribution in [3.63, 3.8) is 0 Å². The number of epoxide rings is 1. The number of hydrogen-bond donors (Lipinski definition) is 3. The largest absolute Gasteiger partial charge is 0.392 e. The van der Waals surface area contributed by atoms with Gasteiger partial charge in [0.25, 0.3) is 0 Å². The Morgan fingerprint density at radius 1 is 0.951 bits per heavy atom. The predicted molar refractivity (Wildman–Crippen MR) is 240 cm³/mol. The molecule has 1 aromatic carbocycles. The van der Waals surface area contributed by atoms with E-state index in [1.54, 1.807) is 0 Å². The molecule has 0 amide bonds. The van der Waals surface area contributed by atoms with Crippen LogP contribution in [0.25, 0.3) is 0 Å². The van der Waals surface area contributed by atoms with Crippen LogP contribution in [0.15, 0.2) is 58.4 Å². The van der Waals surface area contributed by atoms with Gasteiger partial charge in [0.1, 0.15) is 23.8 Å². The van der Waals surface area contributed by atoms with Gasteiger partial charge in [-0.2, -0.15) is 0 Å². The smallest absolute Gasteiger partial charge is 0.160 e. The van der Waals surface area contributed by atoms with Crippen molar-refractivity contribution < 1.29 is 29.4 Å². The molecular weight excluding hydrogens is 757 g/mol. The fourth-order valence-electron chi connectivity index (χ4n) is 16.8. The molecule has 6 fully saturated rings. The summed E-state index contributed by atoms with van der Waals surface area (Å²) in [4.78, 5) is 35.5. The molecule has 7 heteroatoms. The molecular formula is C54H75N2O5+. The van der Waals surface area contributed by atoms with Crippen LogP contribution in [0.5, 0.6) is 0 Å². The summed E-state index contributed by atoms with van der Waals surface area (Å²) in [5, 5.41) is 25.1. The van der Waals surface area contributed by atoms with Gasteiger partial charge in [-0.1, -0.05) is 84.1 Å². The zero-order chi connectivity index (χ0) is 43.0. The van der Waals surface area contributed by atoms with Crippen molar-refractivity contribution in [3.8, 4) is 0 Å². The third-order valence-electron chi connectivity index (χ3n) is 19.9. The number of aliphatic hydroxyl groups is 2. The summed E-state index contributed by atoms with van der Waals surface area (Å²) in [6.45, 7) is 18.7. The Morgan fingerprint density at radius 3 is 2.36 bits per heavy atom. The molecule has 10 rings (SSSR count). The monoisotopic (exact) mass is 832 g/mol. The lowest BCUT2D eigenvalue weighted by Gasteiger charge is -2.70. The van der Waals surface area contributed by atoms with E-state index in [9.17, 15) is 19.8 Å². The summed E-state index contributed by atoms with van der Waals surface area (Å²) in [5.74, 6) is 1.46. The van der Waals surface area contributed by atoms with E-state index in [1.165, 1.54) is 71.3 Å². The van der Waals surface area contributed by atoms with E-state index >= 15 is 0 Å². The topological polar surface area (TPSA) is 104 Å².